The number of quaternary nitrogens is 2. The summed E-state index contributed by atoms with van der Waals surface area (Å²) in [7, 11) is 0. The highest BCUT2D eigenvalue weighted by molar-refractivity contribution is 5.77. The number of hydrogen-bond donors (Lipinski definition) is 3. The molecule has 3 heterocycles. The van der Waals surface area contributed by atoms with E-state index in [1.165, 1.54) is 15.4 Å². The summed E-state index contributed by atoms with van der Waals surface area (Å²) in [4.78, 5) is 21.4. The van der Waals surface area contributed by atoms with Gasteiger partial charge in [0, 0.05) is 11.6 Å². The van der Waals surface area contributed by atoms with E-state index in [2.05, 4.69) is 64.6 Å². The third kappa shape index (κ3) is 5.81. The van der Waals surface area contributed by atoms with Crippen molar-refractivity contribution in [3.63, 3.8) is 0 Å². The van der Waals surface area contributed by atoms with Crippen LogP contribution in [0.25, 0.3) is 0 Å². The molecule has 0 aliphatic carbocycles. The van der Waals surface area contributed by atoms with Crippen molar-refractivity contribution in [2.75, 3.05) is 63.9 Å². The van der Waals surface area contributed by atoms with Crippen LogP contribution in [0.4, 0.5) is 5.82 Å². The zero-order valence-electron chi connectivity index (χ0n) is 18.5. The van der Waals surface area contributed by atoms with Crippen LogP contribution in [-0.4, -0.2) is 71.0 Å². The summed E-state index contributed by atoms with van der Waals surface area (Å²) in [6.07, 6.45) is 1.96. The van der Waals surface area contributed by atoms with E-state index >= 15 is 0 Å². The van der Waals surface area contributed by atoms with Gasteiger partial charge in [-0.1, -0.05) is 36.4 Å². The molecule has 2 saturated heterocycles. The Morgan fingerprint density at radius 1 is 1.06 bits per heavy atom. The number of amides is 1. The van der Waals surface area contributed by atoms with Crippen molar-refractivity contribution >= 4 is 11.7 Å². The van der Waals surface area contributed by atoms with Crippen LogP contribution in [0.3, 0.4) is 0 Å². The van der Waals surface area contributed by atoms with E-state index < -0.39 is 0 Å². The fourth-order valence-corrected chi connectivity index (χ4v) is 4.92. The molecule has 0 spiro atoms. The number of aromatic amines is 1. The number of morpholine rings is 1. The second-order valence-corrected chi connectivity index (χ2v) is 8.68. The van der Waals surface area contributed by atoms with Crippen molar-refractivity contribution in [2.45, 2.75) is 19.0 Å². The number of piperazine rings is 1. The number of aromatic nitrogens is 1. The zero-order chi connectivity index (χ0) is 21.5. The number of benzene rings is 1. The average molecular weight is 427 g/mol. The maximum atomic E-state index is 12.9. The maximum Gasteiger partial charge on any atom is 0.275 e. The number of anilines is 1. The minimum Gasteiger partial charge on any atom is -0.370 e. The maximum absolute atomic E-state index is 12.9. The number of hydrogen-bond acceptors (Lipinski definition) is 3. The molecule has 2 aliphatic rings. The van der Waals surface area contributed by atoms with E-state index in [1.54, 1.807) is 0 Å². The van der Waals surface area contributed by atoms with Crippen LogP contribution in [0.15, 0.2) is 54.7 Å². The molecule has 2 aromatic rings. The molecule has 0 saturated carbocycles. The first-order valence-corrected chi connectivity index (χ1v) is 11.5. The van der Waals surface area contributed by atoms with Gasteiger partial charge in [0.05, 0.1) is 25.5 Å². The number of carbonyl (C=O) groups is 1. The molecule has 2 fully saturated rings. The molecular formula is C24H36N5O2+3. The third-order valence-electron chi connectivity index (χ3n) is 6.54. The van der Waals surface area contributed by atoms with E-state index in [4.69, 9.17) is 4.74 Å². The van der Waals surface area contributed by atoms with Gasteiger partial charge in [0.15, 0.2) is 6.54 Å². The standard InChI is InChI=1S/C24H33N5O2/c1-20(24(21-7-3-2-4-8-21)29-15-17-31-18-16-29)26-23(30)19-27-11-13-28(14-12-27)22-9-5-6-10-25-22/h2-10,20,24H,11-19H2,1H3,(H,26,30)/p+3/t20-,24-/m1/s1. The molecule has 0 bridgehead atoms. The molecular weight excluding hydrogens is 390 g/mol. The number of pyridine rings is 1. The molecule has 0 radical (unpaired) electrons. The van der Waals surface area contributed by atoms with Gasteiger partial charge in [-0.15, -0.1) is 0 Å². The summed E-state index contributed by atoms with van der Waals surface area (Å²) in [6.45, 7) is 10.1. The first-order valence-electron chi connectivity index (χ1n) is 11.5. The summed E-state index contributed by atoms with van der Waals surface area (Å²) in [5.41, 5.74) is 1.28. The highest BCUT2D eigenvalue weighted by Gasteiger charge is 2.33. The number of H-pyrrole nitrogens is 1. The average Bonchev–Trinajstić information content (AvgIpc) is 2.82. The summed E-state index contributed by atoms with van der Waals surface area (Å²) >= 11 is 0. The molecule has 2 atom stereocenters. The lowest BCUT2D eigenvalue weighted by Crippen LogP contribution is -3.16. The fourth-order valence-electron chi connectivity index (χ4n) is 4.92. The molecule has 0 unspecified atom stereocenters. The van der Waals surface area contributed by atoms with Gasteiger partial charge >= 0.3 is 0 Å². The molecule has 4 N–H and O–H groups in total. The van der Waals surface area contributed by atoms with Crippen molar-refractivity contribution < 1.29 is 24.3 Å². The van der Waals surface area contributed by atoms with Gasteiger partial charge in [0.25, 0.3) is 11.7 Å². The van der Waals surface area contributed by atoms with Crippen LogP contribution in [0.1, 0.15) is 18.5 Å². The predicted molar refractivity (Wildman–Crippen MR) is 119 cm³/mol. The molecule has 166 valence electrons. The molecule has 2 aliphatic heterocycles. The summed E-state index contributed by atoms with van der Waals surface area (Å²) in [5.74, 6) is 1.30. The normalized spacial score (nSPS) is 20.2. The Balaban J connectivity index is 1.31. The van der Waals surface area contributed by atoms with Crippen molar-refractivity contribution in [3.8, 4) is 0 Å². The van der Waals surface area contributed by atoms with Crippen molar-refractivity contribution in [1.29, 1.82) is 0 Å². The molecule has 7 nitrogen and oxygen atoms in total. The van der Waals surface area contributed by atoms with Gasteiger partial charge in [0.1, 0.15) is 45.3 Å². The number of carbonyl (C=O) groups excluding carboxylic acids is 1. The molecule has 7 heteroatoms. The van der Waals surface area contributed by atoms with Crippen LogP contribution < -0.4 is 25.0 Å². The minimum absolute atomic E-state index is 0.0719. The van der Waals surface area contributed by atoms with Gasteiger partial charge in [-0.3, -0.25) is 9.69 Å². The van der Waals surface area contributed by atoms with E-state index in [-0.39, 0.29) is 18.0 Å². The minimum atomic E-state index is 0.0719. The van der Waals surface area contributed by atoms with Crippen molar-refractivity contribution in [1.82, 2.24) is 5.32 Å². The Kier molecular flexibility index (Phi) is 7.51. The van der Waals surface area contributed by atoms with Crippen LogP contribution in [-0.2, 0) is 9.53 Å². The zero-order valence-corrected chi connectivity index (χ0v) is 18.5. The number of nitrogens with one attached hydrogen (secondary N) is 4. The largest absolute Gasteiger partial charge is 0.370 e. The number of nitrogens with zero attached hydrogens (tertiary/aromatic N) is 1. The molecule has 31 heavy (non-hydrogen) atoms. The fraction of sp³-hybridized carbons (Fsp3) is 0.500. The molecule has 1 amide bonds. The summed E-state index contributed by atoms with van der Waals surface area (Å²) in [5, 5.41) is 3.32. The van der Waals surface area contributed by atoms with Gasteiger partial charge in [-0.2, -0.15) is 0 Å². The Labute approximate surface area is 185 Å². The first kappa shape index (κ1) is 21.7. The Morgan fingerprint density at radius 2 is 1.77 bits per heavy atom. The van der Waals surface area contributed by atoms with E-state index in [0.717, 1.165) is 58.3 Å². The van der Waals surface area contributed by atoms with E-state index in [9.17, 15) is 4.79 Å². The van der Waals surface area contributed by atoms with E-state index in [1.807, 2.05) is 12.3 Å². The highest BCUT2D eigenvalue weighted by atomic mass is 16.5. The predicted octanol–water partition coefficient (Wildman–Crippen LogP) is -1.63. The van der Waals surface area contributed by atoms with Crippen LogP contribution in [0.2, 0.25) is 0 Å². The Hall–Kier alpha value is -2.48. The number of ether oxygens (including phenoxy) is 1. The first-order chi connectivity index (χ1) is 15.2. The van der Waals surface area contributed by atoms with Crippen LogP contribution >= 0.6 is 0 Å². The van der Waals surface area contributed by atoms with Crippen molar-refractivity contribution in [3.05, 3.63) is 60.3 Å². The second-order valence-electron chi connectivity index (χ2n) is 8.68. The highest BCUT2D eigenvalue weighted by Crippen LogP contribution is 2.14. The topological polar surface area (TPSA) is 64.6 Å². The number of rotatable bonds is 7. The molecule has 4 rings (SSSR count). The lowest BCUT2D eigenvalue weighted by Gasteiger charge is -2.35. The third-order valence-corrected chi connectivity index (χ3v) is 6.54. The monoisotopic (exact) mass is 426 g/mol. The van der Waals surface area contributed by atoms with Crippen LogP contribution in [0.5, 0.6) is 0 Å². The smallest absolute Gasteiger partial charge is 0.275 e. The molecule has 1 aromatic heterocycles. The van der Waals surface area contributed by atoms with Gasteiger partial charge in [0.2, 0.25) is 0 Å². The SMILES string of the molecule is C[C@@H](NC(=O)C[NH+]1CCN(c2cccc[nH+]2)CC1)[C@H](c1ccccc1)[NH+]1CCOCC1. The quantitative estimate of drug-likeness (QED) is 0.498. The Morgan fingerprint density at radius 3 is 2.45 bits per heavy atom. The van der Waals surface area contributed by atoms with Crippen LogP contribution in [0, 0.1) is 0 Å². The van der Waals surface area contributed by atoms with Crippen molar-refractivity contribution in [2.24, 2.45) is 0 Å². The second kappa shape index (κ2) is 10.7. The van der Waals surface area contributed by atoms with E-state index in [0.29, 0.717) is 6.54 Å². The molecule has 1 aromatic carbocycles. The van der Waals surface area contributed by atoms with Gasteiger partial charge in [-0.25, -0.2) is 4.98 Å². The lowest BCUT2D eigenvalue weighted by molar-refractivity contribution is -0.940. The summed E-state index contributed by atoms with van der Waals surface area (Å²) < 4.78 is 5.57. The van der Waals surface area contributed by atoms with Gasteiger partial charge in [-0.05, 0) is 13.0 Å². The van der Waals surface area contributed by atoms with Gasteiger partial charge < -0.3 is 19.9 Å². The summed E-state index contributed by atoms with van der Waals surface area (Å²) in [6, 6.07) is 17.1. The Bertz CT molecular complexity index is 805. The lowest BCUT2D eigenvalue weighted by atomic mass is 9.98.